The Morgan fingerprint density at radius 2 is 2.32 bits per heavy atom. The van der Waals surface area contributed by atoms with Crippen molar-refractivity contribution < 1.29 is 14.3 Å². The highest BCUT2D eigenvalue weighted by atomic mass is 16.5. The molecule has 0 aliphatic carbocycles. The van der Waals surface area contributed by atoms with Gasteiger partial charge in [-0.05, 0) is 31.5 Å². The molecule has 0 saturated carbocycles. The molecule has 5 heteroatoms. The Balaban J connectivity index is 2.21. The van der Waals surface area contributed by atoms with Crippen LogP contribution >= 0.6 is 0 Å². The van der Waals surface area contributed by atoms with Gasteiger partial charge in [0.15, 0.2) is 0 Å². The molecule has 0 radical (unpaired) electrons. The number of amides is 1. The maximum Gasteiger partial charge on any atom is 0.234 e. The third-order valence-corrected chi connectivity index (χ3v) is 3.64. The third-order valence-electron chi connectivity index (χ3n) is 3.64. The molecule has 0 bridgehead atoms. The van der Waals surface area contributed by atoms with Crippen molar-refractivity contribution >= 4 is 11.6 Å². The van der Waals surface area contributed by atoms with E-state index in [0.29, 0.717) is 24.7 Å². The van der Waals surface area contributed by atoms with Crippen molar-refractivity contribution in [2.75, 3.05) is 25.6 Å². The quantitative estimate of drug-likeness (QED) is 0.863. The Kier molecular flexibility index (Phi) is 3.78. The molecule has 1 heterocycles. The van der Waals surface area contributed by atoms with E-state index >= 15 is 0 Å². The zero-order valence-electron chi connectivity index (χ0n) is 11.5. The standard InChI is InChI=1S/C14H20N2O3/c1-9-4-5-11(18-3)10(6-9)16-13(17)14(2)8-19-7-12(14)15/h4-6,12H,7-8,15H2,1-3H3,(H,16,17). The first-order valence-electron chi connectivity index (χ1n) is 6.27. The maximum absolute atomic E-state index is 12.4. The van der Waals surface area contributed by atoms with Crippen LogP contribution in [0.5, 0.6) is 5.75 Å². The summed E-state index contributed by atoms with van der Waals surface area (Å²) in [4.78, 5) is 12.4. The second kappa shape index (κ2) is 5.19. The van der Waals surface area contributed by atoms with Gasteiger partial charge >= 0.3 is 0 Å². The highest BCUT2D eigenvalue weighted by Crippen LogP contribution is 2.31. The van der Waals surface area contributed by atoms with Gasteiger partial charge in [0.25, 0.3) is 0 Å². The highest BCUT2D eigenvalue weighted by molar-refractivity contribution is 5.97. The number of benzene rings is 1. The Labute approximate surface area is 113 Å². The Bertz CT molecular complexity index is 490. The number of nitrogens with one attached hydrogen (secondary N) is 1. The molecule has 0 spiro atoms. The van der Waals surface area contributed by atoms with Crippen LogP contribution in [-0.2, 0) is 9.53 Å². The minimum Gasteiger partial charge on any atom is -0.495 e. The Morgan fingerprint density at radius 1 is 1.58 bits per heavy atom. The molecular formula is C14H20N2O3. The minimum atomic E-state index is -0.700. The van der Waals surface area contributed by atoms with Gasteiger partial charge in [-0.15, -0.1) is 0 Å². The highest BCUT2D eigenvalue weighted by Gasteiger charge is 2.44. The number of hydrogen-bond donors (Lipinski definition) is 2. The first-order chi connectivity index (χ1) is 8.97. The Hall–Kier alpha value is -1.59. The summed E-state index contributed by atoms with van der Waals surface area (Å²) < 4.78 is 10.5. The molecule has 19 heavy (non-hydrogen) atoms. The number of hydrogen-bond acceptors (Lipinski definition) is 4. The van der Waals surface area contributed by atoms with Crippen LogP contribution in [0.15, 0.2) is 18.2 Å². The predicted octanol–water partition coefficient (Wildman–Crippen LogP) is 1.31. The maximum atomic E-state index is 12.4. The summed E-state index contributed by atoms with van der Waals surface area (Å²) in [6.45, 7) is 4.53. The number of methoxy groups -OCH3 is 1. The van der Waals surface area contributed by atoms with Crippen LogP contribution in [0.25, 0.3) is 0 Å². The van der Waals surface area contributed by atoms with E-state index in [9.17, 15) is 4.79 Å². The predicted molar refractivity (Wildman–Crippen MR) is 73.3 cm³/mol. The SMILES string of the molecule is COc1ccc(C)cc1NC(=O)C1(C)COCC1N. The molecule has 5 nitrogen and oxygen atoms in total. The molecule has 1 aliphatic rings. The molecule has 104 valence electrons. The van der Waals surface area contributed by atoms with E-state index in [1.54, 1.807) is 7.11 Å². The summed E-state index contributed by atoms with van der Waals surface area (Å²) in [5.41, 5.74) is 6.96. The molecule has 1 aliphatic heterocycles. The smallest absolute Gasteiger partial charge is 0.234 e. The topological polar surface area (TPSA) is 73.6 Å². The van der Waals surface area contributed by atoms with Gasteiger partial charge in [0.05, 0.1) is 31.4 Å². The molecule has 1 fully saturated rings. The van der Waals surface area contributed by atoms with E-state index in [1.807, 2.05) is 32.0 Å². The molecular weight excluding hydrogens is 244 g/mol. The molecule has 1 saturated heterocycles. The average molecular weight is 264 g/mol. The van der Waals surface area contributed by atoms with Crippen LogP contribution in [0.3, 0.4) is 0 Å². The number of ether oxygens (including phenoxy) is 2. The van der Waals surface area contributed by atoms with Gasteiger partial charge in [-0.2, -0.15) is 0 Å². The minimum absolute atomic E-state index is 0.138. The van der Waals surface area contributed by atoms with Crippen LogP contribution in [0, 0.1) is 12.3 Å². The van der Waals surface area contributed by atoms with Crippen LogP contribution in [0.1, 0.15) is 12.5 Å². The van der Waals surface area contributed by atoms with E-state index < -0.39 is 5.41 Å². The third kappa shape index (κ3) is 2.57. The monoisotopic (exact) mass is 264 g/mol. The summed E-state index contributed by atoms with van der Waals surface area (Å²) >= 11 is 0. The van der Waals surface area contributed by atoms with Crippen molar-refractivity contribution in [2.45, 2.75) is 19.9 Å². The number of anilines is 1. The van der Waals surface area contributed by atoms with Gasteiger partial charge in [0.2, 0.25) is 5.91 Å². The lowest BCUT2D eigenvalue weighted by atomic mass is 9.85. The van der Waals surface area contributed by atoms with Gasteiger partial charge < -0.3 is 20.5 Å². The largest absolute Gasteiger partial charge is 0.495 e. The summed E-state index contributed by atoms with van der Waals surface area (Å²) in [6.07, 6.45) is 0. The number of rotatable bonds is 3. The van der Waals surface area contributed by atoms with Gasteiger partial charge in [-0.25, -0.2) is 0 Å². The van der Waals surface area contributed by atoms with Gasteiger partial charge in [-0.1, -0.05) is 6.07 Å². The second-order valence-corrected chi connectivity index (χ2v) is 5.20. The van der Waals surface area contributed by atoms with Crippen LogP contribution < -0.4 is 15.8 Å². The number of carbonyl (C=O) groups excluding carboxylic acids is 1. The Morgan fingerprint density at radius 3 is 2.89 bits per heavy atom. The van der Waals surface area contributed by atoms with E-state index in [2.05, 4.69) is 5.32 Å². The summed E-state index contributed by atoms with van der Waals surface area (Å²) in [6, 6.07) is 5.35. The zero-order valence-corrected chi connectivity index (χ0v) is 11.5. The second-order valence-electron chi connectivity index (χ2n) is 5.20. The van der Waals surface area contributed by atoms with Crippen molar-refractivity contribution in [3.8, 4) is 5.75 Å². The molecule has 0 aromatic heterocycles. The first kappa shape index (κ1) is 13.8. The van der Waals surface area contributed by atoms with Crippen LogP contribution in [0.4, 0.5) is 5.69 Å². The van der Waals surface area contributed by atoms with Crippen molar-refractivity contribution in [1.29, 1.82) is 0 Å². The average Bonchev–Trinajstić information content (AvgIpc) is 2.71. The van der Waals surface area contributed by atoms with Crippen molar-refractivity contribution in [1.82, 2.24) is 0 Å². The fourth-order valence-corrected chi connectivity index (χ4v) is 2.11. The van der Waals surface area contributed by atoms with Crippen molar-refractivity contribution in [3.63, 3.8) is 0 Å². The van der Waals surface area contributed by atoms with E-state index in [0.717, 1.165) is 5.56 Å². The lowest BCUT2D eigenvalue weighted by molar-refractivity contribution is -0.125. The van der Waals surface area contributed by atoms with Crippen LogP contribution in [0.2, 0.25) is 0 Å². The van der Waals surface area contributed by atoms with Gasteiger partial charge in [0, 0.05) is 6.04 Å². The number of nitrogens with two attached hydrogens (primary N) is 1. The van der Waals surface area contributed by atoms with E-state index in [-0.39, 0.29) is 11.9 Å². The molecule has 1 aromatic rings. The molecule has 3 N–H and O–H groups in total. The van der Waals surface area contributed by atoms with Crippen LogP contribution in [-0.4, -0.2) is 32.3 Å². The van der Waals surface area contributed by atoms with Crippen molar-refractivity contribution in [3.05, 3.63) is 23.8 Å². The lowest BCUT2D eigenvalue weighted by Crippen LogP contribution is -2.47. The fraction of sp³-hybridized carbons (Fsp3) is 0.500. The van der Waals surface area contributed by atoms with Gasteiger partial charge in [0.1, 0.15) is 5.75 Å². The molecule has 2 unspecified atom stereocenters. The van der Waals surface area contributed by atoms with E-state index in [1.165, 1.54) is 0 Å². The molecule has 1 amide bonds. The summed E-state index contributed by atoms with van der Waals surface area (Å²) in [5.74, 6) is 0.497. The van der Waals surface area contributed by atoms with Crippen molar-refractivity contribution in [2.24, 2.45) is 11.1 Å². The molecule has 2 atom stereocenters. The lowest BCUT2D eigenvalue weighted by Gasteiger charge is -2.26. The first-order valence-corrected chi connectivity index (χ1v) is 6.27. The van der Waals surface area contributed by atoms with E-state index in [4.69, 9.17) is 15.2 Å². The fourth-order valence-electron chi connectivity index (χ4n) is 2.11. The molecule has 1 aromatic carbocycles. The summed E-state index contributed by atoms with van der Waals surface area (Å²) in [7, 11) is 1.58. The number of carbonyl (C=O) groups is 1. The molecule has 2 rings (SSSR count). The zero-order chi connectivity index (χ0) is 14.0. The normalized spacial score (nSPS) is 26.2. The van der Waals surface area contributed by atoms with Gasteiger partial charge in [-0.3, -0.25) is 4.79 Å². The summed E-state index contributed by atoms with van der Waals surface area (Å²) in [5, 5.41) is 2.89. The number of aryl methyl sites for hydroxylation is 1.